The summed E-state index contributed by atoms with van der Waals surface area (Å²) in [6.45, 7) is 6.66. The Morgan fingerprint density at radius 3 is 2.47 bits per heavy atom. The Balaban J connectivity index is 2.32. The Kier molecular flexibility index (Phi) is 3.14. The van der Waals surface area contributed by atoms with Crippen LogP contribution in [0, 0.1) is 5.92 Å². The molecule has 1 aliphatic carbocycles. The topological polar surface area (TPSA) is 30.7 Å². The quantitative estimate of drug-likeness (QED) is 0.787. The molecule has 3 nitrogen and oxygen atoms in total. The molecule has 1 atom stereocenters. The van der Waals surface area contributed by atoms with Crippen LogP contribution < -0.4 is 0 Å². The van der Waals surface area contributed by atoms with Gasteiger partial charge in [0.25, 0.3) is 0 Å². The monoisotopic (exact) mass is 271 g/mol. The average molecular weight is 272 g/mol. The van der Waals surface area contributed by atoms with Crippen molar-refractivity contribution < 1.29 is 0 Å². The largest absolute Gasteiger partial charge is 0.311 e. The van der Waals surface area contributed by atoms with Gasteiger partial charge in [0.15, 0.2) is 0 Å². The SMILES string of the molecule is CC(c1nnc(CBr)n1C(C)C)C1CC1. The van der Waals surface area contributed by atoms with Crippen molar-refractivity contribution in [2.24, 2.45) is 5.92 Å². The summed E-state index contributed by atoms with van der Waals surface area (Å²) in [6, 6.07) is 0.448. The molecule has 0 aromatic carbocycles. The van der Waals surface area contributed by atoms with E-state index in [0.717, 1.165) is 17.1 Å². The molecule has 0 saturated heterocycles. The summed E-state index contributed by atoms with van der Waals surface area (Å²) >= 11 is 3.47. The summed E-state index contributed by atoms with van der Waals surface area (Å²) < 4.78 is 2.28. The molecule has 0 aliphatic heterocycles. The number of halogens is 1. The van der Waals surface area contributed by atoms with Crippen molar-refractivity contribution in [1.29, 1.82) is 0 Å². The maximum Gasteiger partial charge on any atom is 0.143 e. The van der Waals surface area contributed by atoms with Crippen molar-refractivity contribution in [2.75, 3.05) is 0 Å². The van der Waals surface area contributed by atoms with Crippen LogP contribution in [-0.4, -0.2) is 14.8 Å². The standard InChI is InChI=1S/C11H18BrN3/c1-7(2)15-10(6-12)13-14-11(15)8(3)9-4-5-9/h7-9H,4-6H2,1-3H3. The van der Waals surface area contributed by atoms with Gasteiger partial charge in [0.1, 0.15) is 11.6 Å². The Hall–Kier alpha value is -0.380. The molecule has 1 fully saturated rings. The number of aromatic nitrogens is 3. The van der Waals surface area contributed by atoms with Crippen LogP contribution in [0.5, 0.6) is 0 Å². The van der Waals surface area contributed by atoms with Crippen LogP contribution in [0.25, 0.3) is 0 Å². The Labute approximate surface area is 99.4 Å². The van der Waals surface area contributed by atoms with Gasteiger partial charge in [-0.1, -0.05) is 22.9 Å². The first kappa shape index (κ1) is 11.1. The summed E-state index contributed by atoms with van der Waals surface area (Å²) in [4.78, 5) is 0. The van der Waals surface area contributed by atoms with Gasteiger partial charge in [0.2, 0.25) is 0 Å². The zero-order valence-electron chi connectivity index (χ0n) is 9.57. The van der Waals surface area contributed by atoms with Gasteiger partial charge in [0.05, 0.1) is 5.33 Å². The van der Waals surface area contributed by atoms with Crippen LogP contribution in [-0.2, 0) is 5.33 Å². The second-order valence-electron chi connectivity index (χ2n) is 4.70. The third-order valence-electron chi connectivity index (χ3n) is 3.17. The number of hydrogen-bond acceptors (Lipinski definition) is 2. The molecule has 1 aromatic rings. The Morgan fingerprint density at radius 1 is 1.33 bits per heavy atom. The number of nitrogens with zero attached hydrogens (tertiary/aromatic N) is 3. The zero-order valence-corrected chi connectivity index (χ0v) is 11.2. The highest BCUT2D eigenvalue weighted by Gasteiger charge is 2.33. The molecule has 0 radical (unpaired) electrons. The summed E-state index contributed by atoms with van der Waals surface area (Å²) in [7, 11) is 0. The lowest BCUT2D eigenvalue weighted by Gasteiger charge is -2.16. The van der Waals surface area contributed by atoms with E-state index in [4.69, 9.17) is 0 Å². The molecule has 2 rings (SSSR count). The van der Waals surface area contributed by atoms with Crippen LogP contribution in [0.1, 0.15) is 57.2 Å². The summed E-state index contributed by atoms with van der Waals surface area (Å²) in [6.07, 6.45) is 2.71. The van der Waals surface area contributed by atoms with Gasteiger partial charge in [-0.05, 0) is 32.6 Å². The first-order valence-electron chi connectivity index (χ1n) is 5.64. The van der Waals surface area contributed by atoms with Gasteiger partial charge in [-0.2, -0.15) is 0 Å². The molecule has 1 aromatic heterocycles. The van der Waals surface area contributed by atoms with E-state index < -0.39 is 0 Å². The van der Waals surface area contributed by atoms with Gasteiger partial charge in [0, 0.05) is 12.0 Å². The van der Waals surface area contributed by atoms with Crippen molar-refractivity contribution in [3.8, 4) is 0 Å². The van der Waals surface area contributed by atoms with Crippen molar-refractivity contribution in [3.63, 3.8) is 0 Å². The highest BCUT2D eigenvalue weighted by molar-refractivity contribution is 9.08. The molecule has 1 heterocycles. The fourth-order valence-electron chi connectivity index (χ4n) is 2.11. The zero-order chi connectivity index (χ0) is 11.0. The number of rotatable bonds is 4. The maximum atomic E-state index is 4.35. The summed E-state index contributed by atoms with van der Waals surface area (Å²) in [5.41, 5.74) is 0. The minimum absolute atomic E-state index is 0.448. The molecule has 0 N–H and O–H groups in total. The van der Waals surface area contributed by atoms with Crippen molar-refractivity contribution in [1.82, 2.24) is 14.8 Å². The van der Waals surface area contributed by atoms with E-state index in [1.807, 2.05) is 0 Å². The molecular formula is C11H18BrN3. The predicted octanol–water partition coefficient (Wildman–Crippen LogP) is 3.27. The van der Waals surface area contributed by atoms with E-state index in [1.165, 1.54) is 18.7 Å². The van der Waals surface area contributed by atoms with E-state index in [1.54, 1.807) is 0 Å². The number of hydrogen-bond donors (Lipinski definition) is 0. The third kappa shape index (κ3) is 2.10. The van der Waals surface area contributed by atoms with Gasteiger partial charge in [-0.25, -0.2) is 0 Å². The second kappa shape index (κ2) is 4.24. The van der Waals surface area contributed by atoms with Crippen molar-refractivity contribution >= 4 is 15.9 Å². The summed E-state index contributed by atoms with van der Waals surface area (Å²) in [5, 5.41) is 9.39. The lowest BCUT2D eigenvalue weighted by atomic mass is 10.1. The molecule has 0 bridgehead atoms. The second-order valence-corrected chi connectivity index (χ2v) is 5.26. The summed E-state index contributed by atoms with van der Waals surface area (Å²) in [5.74, 6) is 3.62. The predicted molar refractivity (Wildman–Crippen MR) is 64.2 cm³/mol. The van der Waals surface area contributed by atoms with Crippen molar-refractivity contribution in [3.05, 3.63) is 11.6 Å². The van der Waals surface area contributed by atoms with Crippen molar-refractivity contribution in [2.45, 2.75) is 50.9 Å². The Bertz CT molecular complexity index is 342. The van der Waals surface area contributed by atoms with Gasteiger partial charge < -0.3 is 4.57 Å². The van der Waals surface area contributed by atoms with Crippen LogP contribution in [0.2, 0.25) is 0 Å². The van der Waals surface area contributed by atoms with Gasteiger partial charge in [-0.3, -0.25) is 0 Å². The van der Waals surface area contributed by atoms with Gasteiger partial charge in [-0.15, -0.1) is 10.2 Å². The van der Waals surface area contributed by atoms with Crippen LogP contribution in [0.3, 0.4) is 0 Å². The highest BCUT2D eigenvalue weighted by atomic mass is 79.9. The molecule has 4 heteroatoms. The minimum atomic E-state index is 0.448. The molecule has 15 heavy (non-hydrogen) atoms. The molecule has 1 saturated carbocycles. The van der Waals surface area contributed by atoms with E-state index in [0.29, 0.717) is 12.0 Å². The number of alkyl halides is 1. The molecule has 0 spiro atoms. The third-order valence-corrected chi connectivity index (χ3v) is 3.67. The minimum Gasteiger partial charge on any atom is -0.311 e. The maximum absolute atomic E-state index is 4.35. The highest BCUT2D eigenvalue weighted by Crippen LogP contribution is 2.42. The average Bonchev–Trinajstić information content (AvgIpc) is 2.95. The van der Waals surface area contributed by atoms with Gasteiger partial charge >= 0.3 is 0 Å². The van der Waals surface area contributed by atoms with Crippen LogP contribution >= 0.6 is 15.9 Å². The van der Waals surface area contributed by atoms with E-state index in [2.05, 4.69) is 51.5 Å². The van der Waals surface area contributed by atoms with Crippen LogP contribution in [0.4, 0.5) is 0 Å². The van der Waals surface area contributed by atoms with E-state index >= 15 is 0 Å². The normalized spacial score (nSPS) is 18.5. The lowest BCUT2D eigenvalue weighted by molar-refractivity contribution is 0.506. The molecule has 1 aliphatic rings. The van der Waals surface area contributed by atoms with E-state index in [9.17, 15) is 0 Å². The molecule has 84 valence electrons. The lowest BCUT2D eigenvalue weighted by Crippen LogP contribution is -2.12. The van der Waals surface area contributed by atoms with Crippen LogP contribution in [0.15, 0.2) is 0 Å². The fraction of sp³-hybridized carbons (Fsp3) is 0.818. The Morgan fingerprint density at radius 2 is 2.00 bits per heavy atom. The first-order valence-corrected chi connectivity index (χ1v) is 6.77. The molecule has 1 unspecified atom stereocenters. The fourth-order valence-corrected chi connectivity index (χ4v) is 2.49. The first-order chi connectivity index (χ1) is 7.15. The molecule has 0 amide bonds. The smallest absolute Gasteiger partial charge is 0.143 e. The van der Waals surface area contributed by atoms with E-state index in [-0.39, 0.29) is 0 Å². The molecular weight excluding hydrogens is 254 g/mol.